The molecule has 8 heteroatoms. The summed E-state index contributed by atoms with van der Waals surface area (Å²) in [5, 5.41) is 0. The molecule has 3 nitrogen and oxygen atoms in total. The smallest absolute Gasteiger partial charge is 0.449 e. The molecule has 0 bridgehead atoms. The third-order valence-electron chi connectivity index (χ3n) is 3.54. The molecule has 1 saturated heterocycles. The van der Waals surface area contributed by atoms with E-state index >= 15 is 0 Å². The van der Waals surface area contributed by atoms with Gasteiger partial charge in [-0.1, -0.05) is 18.2 Å². The summed E-state index contributed by atoms with van der Waals surface area (Å²) in [6, 6.07) is 0. The Hall–Kier alpha value is 0.761. The maximum Gasteiger partial charge on any atom is 1.00 e. The van der Waals surface area contributed by atoms with E-state index in [0.717, 1.165) is 0 Å². The molecule has 1 amide bonds. The van der Waals surface area contributed by atoms with Gasteiger partial charge in [-0.15, -0.1) is 0 Å². The molecule has 2 atom stereocenters. The van der Waals surface area contributed by atoms with Crippen molar-refractivity contribution in [1.82, 2.24) is 4.90 Å². The minimum Gasteiger partial charge on any atom is -0.449 e. The van der Waals surface area contributed by atoms with Crippen LogP contribution in [0.4, 0.5) is 17.7 Å². The molecule has 1 saturated carbocycles. The second-order valence-corrected chi connectivity index (χ2v) is 6.33. The number of halogens is 3. The molecule has 2 fully saturated rings. The zero-order valence-electron chi connectivity index (χ0n) is 11.8. The standard InChI is InChI=1S/C11H18BF3NO2.K/c1-11(2,3)18-10(17)16-5-7(6-16)8-4-9(8)12(13,14)15;/h7-9H,4-6H2,1-3H3;/q-1;+1/t8-,9+;/m0./s1. The molecule has 0 radical (unpaired) electrons. The summed E-state index contributed by atoms with van der Waals surface area (Å²) in [7, 11) is 0. The van der Waals surface area contributed by atoms with Crippen LogP contribution in [0.25, 0.3) is 0 Å². The van der Waals surface area contributed by atoms with E-state index in [1.807, 2.05) is 0 Å². The van der Waals surface area contributed by atoms with Crippen LogP contribution in [0.5, 0.6) is 0 Å². The molecule has 1 aliphatic carbocycles. The average molecular weight is 303 g/mol. The van der Waals surface area contributed by atoms with Crippen LogP contribution in [0.2, 0.25) is 5.82 Å². The van der Waals surface area contributed by atoms with Crippen molar-refractivity contribution in [3.63, 3.8) is 0 Å². The SMILES string of the molecule is CC(C)(C)OC(=O)N1CC([C@@H]2C[C@H]2[B-](F)(F)F)C1.[K+]. The summed E-state index contributed by atoms with van der Waals surface area (Å²) in [4.78, 5) is 13.1. The van der Waals surface area contributed by atoms with Crippen LogP contribution >= 0.6 is 0 Å². The van der Waals surface area contributed by atoms with Crippen molar-refractivity contribution in [3.8, 4) is 0 Å². The minimum atomic E-state index is -4.69. The van der Waals surface area contributed by atoms with Gasteiger partial charge in [0.1, 0.15) is 5.60 Å². The Labute approximate surface area is 154 Å². The summed E-state index contributed by atoms with van der Waals surface area (Å²) >= 11 is 0. The maximum atomic E-state index is 12.4. The molecular weight excluding hydrogens is 285 g/mol. The summed E-state index contributed by atoms with van der Waals surface area (Å²) in [6.07, 6.45) is -0.176. The molecule has 0 aromatic heterocycles. The van der Waals surface area contributed by atoms with E-state index < -0.39 is 24.5 Å². The number of hydrogen-bond acceptors (Lipinski definition) is 2. The molecule has 0 N–H and O–H groups in total. The van der Waals surface area contributed by atoms with Gasteiger partial charge in [0.15, 0.2) is 0 Å². The molecule has 0 aromatic rings. The Morgan fingerprint density at radius 1 is 1.26 bits per heavy atom. The zero-order valence-corrected chi connectivity index (χ0v) is 15.0. The summed E-state index contributed by atoms with van der Waals surface area (Å²) in [6.45, 7) is 1.42. The molecule has 104 valence electrons. The number of nitrogens with zero attached hydrogens (tertiary/aromatic N) is 1. The monoisotopic (exact) mass is 303 g/mol. The van der Waals surface area contributed by atoms with E-state index in [0.29, 0.717) is 13.1 Å². The molecule has 0 spiro atoms. The van der Waals surface area contributed by atoms with Crippen LogP contribution in [-0.2, 0) is 4.74 Å². The van der Waals surface area contributed by atoms with Crippen LogP contribution in [0.3, 0.4) is 0 Å². The van der Waals surface area contributed by atoms with Gasteiger partial charge in [0.2, 0.25) is 0 Å². The quantitative estimate of drug-likeness (QED) is 0.677. The summed E-state index contributed by atoms with van der Waals surface area (Å²) in [5.41, 5.74) is -0.556. The third kappa shape index (κ3) is 4.62. The van der Waals surface area contributed by atoms with Crippen molar-refractivity contribution in [2.45, 2.75) is 38.6 Å². The van der Waals surface area contributed by atoms with Gasteiger partial charge in [0.05, 0.1) is 0 Å². The Morgan fingerprint density at radius 2 is 1.79 bits per heavy atom. The summed E-state index contributed by atoms with van der Waals surface area (Å²) in [5.74, 6) is -1.34. The van der Waals surface area contributed by atoms with Gasteiger partial charge in [-0.2, -0.15) is 0 Å². The Bertz CT molecular complexity index is 353. The van der Waals surface area contributed by atoms with Crippen LogP contribution in [-0.4, -0.2) is 36.7 Å². The number of amides is 1. The number of carbonyl (C=O) groups is 1. The van der Waals surface area contributed by atoms with Crippen LogP contribution in [0.1, 0.15) is 27.2 Å². The van der Waals surface area contributed by atoms with Crippen molar-refractivity contribution in [3.05, 3.63) is 0 Å². The van der Waals surface area contributed by atoms with E-state index in [2.05, 4.69) is 0 Å². The van der Waals surface area contributed by atoms with Gasteiger partial charge in [0, 0.05) is 13.1 Å². The molecule has 2 rings (SSSR count). The first-order chi connectivity index (χ1) is 8.08. The molecule has 2 aliphatic rings. The van der Waals surface area contributed by atoms with E-state index in [-0.39, 0.29) is 69.6 Å². The minimum absolute atomic E-state index is 0. The van der Waals surface area contributed by atoms with Crippen molar-refractivity contribution in [2.24, 2.45) is 11.8 Å². The van der Waals surface area contributed by atoms with Gasteiger partial charge in [-0.3, -0.25) is 0 Å². The van der Waals surface area contributed by atoms with Crippen molar-refractivity contribution >= 4 is 13.1 Å². The second kappa shape index (κ2) is 5.87. The van der Waals surface area contributed by atoms with Gasteiger partial charge < -0.3 is 22.6 Å². The van der Waals surface area contributed by atoms with E-state index in [1.165, 1.54) is 4.90 Å². The van der Waals surface area contributed by atoms with Crippen molar-refractivity contribution < 1.29 is 73.9 Å². The van der Waals surface area contributed by atoms with Gasteiger partial charge >= 0.3 is 64.5 Å². The maximum absolute atomic E-state index is 12.4. The van der Waals surface area contributed by atoms with Crippen molar-refractivity contribution in [1.29, 1.82) is 0 Å². The first-order valence-electron chi connectivity index (χ1n) is 6.26. The first kappa shape index (κ1) is 17.8. The molecule has 1 heterocycles. The second-order valence-electron chi connectivity index (χ2n) is 6.33. The fourth-order valence-electron chi connectivity index (χ4n) is 2.47. The van der Waals surface area contributed by atoms with Crippen LogP contribution < -0.4 is 51.4 Å². The third-order valence-corrected chi connectivity index (χ3v) is 3.54. The average Bonchev–Trinajstić information content (AvgIpc) is 2.75. The van der Waals surface area contributed by atoms with Crippen LogP contribution in [0.15, 0.2) is 0 Å². The van der Waals surface area contributed by atoms with Crippen LogP contribution in [0, 0.1) is 11.8 Å². The first-order valence-corrected chi connectivity index (χ1v) is 6.26. The number of carbonyl (C=O) groups excluding carboxylic acids is 1. The number of rotatable bonds is 2. The number of hydrogen-bond donors (Lipinski definition) is 0. The van der Waals surface area contributed by atoms with Gasteiger partial charge in [-0.25, -0.2) is 4.79 Å². The Balaban J connectivity index is 0.00000180. The Morgan fingerprint density at radius 3 is 2.16 bits per heavy atom. The predicted molar refractivity (Wildman–Crippen MR) is 62.2 cm³/mol. The van der Waals surface area contributed by atoms with Crippen molar-refractivity contribution in [2.75, 3.05) is 13.1 Å². The van der Waals surface area contributed by atoms with E-state index in [1.54, 1.807) is 20.8 Å². The molecule has 0 aromatic carbocycles. The number of likely N-dealkylation sites (tertiary alicyclic amines) is 1. The predicted octanol–water partition coefficient (Wildman–Crippen LogP) is 0.0948. The zero-order chi connectivity index (χ0) is 13.7. The Kier molecular flexibility index (Phi) is 5.50. The van der Waals surface area contributed by atoms with Gasteiger partial charge in [-0.05, 0) is 26.7 Å². The normalized spacial score (nSPS) is 27.4. The number of ether oxygens (including phenoxy) is 1. The molecular formula is C11H18BF3KNO2. The van der Waals surface area contributed by atoms with E-state index in [9.17, 15) is 17.7 Å². The molecule has 19 heavy (non-hydrogen) atoms. The van der Waals surface area contributed by atoms with E-state index in [4.69, 9.17) is 4.74 Å². The van der Waals surface area contributed by atoms with Gasteiger partial charge in [0.25, 0.3) is 0 Å². The molecule has 1 aliphatic heterocycles. The topological polar surface area (TPSA) is 29.5 Å². The fourth-order valence-corrected chi connectivity index (χ4v) is 2.47. The fraction of sp³-hybridized carbons (Fsp3) is 0.909. The molecule has 0 unspecified atom stereocenters. The largest absolute Gasteiger partial charge is 1.00 e. The summed E-state index contributed by atoms with van der Waals surface area (Å²) < 4.78 is 42.5.